The minimum absolute atomic E-state index is 0.0247. The van der Waals surface area contributed by atoms with Crippen molar-refractivity contribution >= 4 is 17.7 Å². The van der Waals surface area contributed by atoms with E-state index in [2.05, 4.69) is 41.2 Å². The molecule has 1 aliphatic heterocycles. The number of carbonyl (C=O) groups excluding carboxylic acids is 1. The van der Waals surface area contributed by atoms with E-state index in [1.54, 1.807) is 11.8 Å². The second kappa shape index (κ2) is 8.56. The van der Waals surface area contributed by atoms with Gasteiger partial charge in [-0.15, -0.1) is 11.8 Å². The summed E-state index contributed by atoms with van der Waals surface area (Å²) in [7, 11) is 0. The van der Waals surface area contributed by atoms with E-state index in [9.17, 15) is 4.79 Å². The summed E-state index contributed by atoms with van der Waals surface area (Å²) in [5.74, 6) is 0.976. The Bertz CT molecular complexity index is 661. The lowest BCUT2D eigenvalue weighted by atomic mass is 9.93. The van der Waals surface area contributed by atoms with Gasteiger partial charge in [0.2, 0.25) is 5.91 Å². The first-order valence-electron chi connectivity index (χ1n) is 9.11. The summed E-state index contributed by atoms with van der Waals surface area (Å²) in [6.45, 7) is 6.87. The van der Waals surface area contributed by atoms with E-state index in [0.717, 1.165) is 38.9 Å². The number of piperidine rings is 1. The number of nitrogens with zero attached hydrogens (tertiary/aromatic N) is 3. The van der Waals surface area contributed by atoms with Crippen LogP contribution in [0.15, 0.2) is 47.6 Å². The lowest BCUT2D eigenvalue weighted by molar-refractivity contribution is -0.131. The molecule has 1 aromatic carbocycles. The number of rotatable bonds is 6. The molecule has 1 atom stereocenters. The molecule has 0 saturated carbocycles. The third kappa shape index (κ3) is 5.11. The first kappa shape index (κ1) is 18.1. The number of aryl methyl sites for hydroxylation is 2. The topological polar surface area (TPSA) is 38.1 Å². The van der Waals surface area contributed by atoms with Crippen LogP contribution in [0, 0.1) is 12.8 Å². The lowest BCUT2D eigenvalue weighted by Crippen LogP contribution is -2.42. The van der Waals surface area contributed by atoms with Crippen molar-refractivity contribution in [2.24, 2.45) is 5.92 Å². The number of carbonyl (C=O) groups is 1. The molecule has 0 spiro atoms. The normalized spacial score (nSPS) is 16.8. The van der Waals surface area contributed by atoms with Crippen molar-refractivity contribution in [1.29, 1.82) is 0 Å². The van der Waals surface area contributed by atoms with Crippen molar-refractivity contribution in [1.82, 2.24) is 14.7 Å². The van der Waals surface area contributed by atoms with Crippen LogP contribution < -0.4 is 0 Å². The Morgan fingerprint density at radius 1 is 1.28 bits per heavy atom. The van der Waals surface area contributed by atoms with Crippen LogP contribution in [-0.2, 0) is 11.3 Å². The molecule has 1 amide bonds. The van der Waals surface area contributed by atoms with Crippen LogP contribution in [0.2, 0.25) is 0 Å². The number of amides is 1. The Balaban J connectivity index is 1.43. The summed E-state index contributed by atoms with van der Waals surface area (Å²) < 4.78 is 2.00. The zero-order valence-electron chi connectivity index (χ0n) is 15.1. The first-order valence-corrected chi connectivity index (χ1v) is 9.99. The molecule has 25 heavy (non-hydrogen) atoms. The van der Waals surface area contributed by atoms with Gasteiger partial charge in [-0.05, 0) is 57.2 Å². The fourth-order valence-electron chi connectivity index (χ4n) is 3.32. The van der Waals surface area contributed by atoms with Gasteiger partial charge in [-0.25, -0.2) is 0 Å². The van der Waals surface area contributed by atoms with Gasteiger partial charge >= 0.3 is 0 Å². The van der Waals surface area contributed by atoms with Crippen molar-refractivity contribution in [3.05, 3.63) is 48.3 Å². The Morgan fingerprint density at radius 3 is 2.64 bits per heavy atom. The fraction of sp³-hybridized carbons (Fsp3) is 0.500. The molecule has 0 radical (unpaired) electrons. The second-order valence-electron chi connectivity index (χ2n) is 6.90. The highest BCUT2D eigenvalue weighted by molar-refractivity contribution is 8.00. The maximum absolute atomic E-state index is 12.7. The van der Waals surface area contributed by atoms with Gasteiger partial charge in [0, 0.05) is 36.9 Å². The summed E-state index contributed by atoms with van der Waals surface area (Å²) in [5, 5.41) is 4.24. The number of hydrogen-bond donors (Lipinski definition) is 0. The maximum atomic E-state index is 12.7. The Labute approximate surface area is 154 Å². The quantitative estimate of drug-likeness (QED) is 0.734. The lowest BCUT2D eigenvalue weighted by Gasteiger charge is -2.33. The van der Waals surface area contributed by atoms with Crippen LogP contribution in [0.4, 0.5) is 0 Å². The highest BCUT2D eigenvalue weighted by atomic mass is 32.2. The molecule has 0 N–H and O–H groups in total. The second-order valence-corrected chi connectivity index (χ2v) is 8.31. The number of benzene rings is 1. The molecule has 2 aromatic rings. The Kier molecular flexibility index (Phi) is 6.19. The molecule has 1 aromatic heterocycles. The van der Waals surface area contributed by atoms with Crippen LogP contribution in [0.1, 0.15) is 31.7 Å². The third-order valence-corrected chi connectivity index (χ3v) is 6.03. The van der Waals surface area contributed by atoms with Crippen molar-refractivity contribution in [3.8, 4) is 0 Å². The molecule has 4 nitrogen and oxygen atoms in total. The van der Waals surface area contributed by atoms with E-state index >= 15 is 0 Å². The van der Waals surface area contributed by atoms with Crippen molar-refractivity contribution in [2.75, 3.05) is 13.1 Å². The molecule has 3 rings (SSSR count). The molecule has 0 bridgehead atoms. The predicted octanol–water partition coefficient (Wildman–Crippen LogP) is 4.00. The molecule has 2 heterocycles. The summed E-state index contributed by atoms with van der Waals surface area (Å²) >= 11 is 1.66. The molecule has 1 aliphatic rings. The van der Waals surface area contributed by atoms with Gasteiger partial charge in [0.1, 0.15) is 0 Å². The largest absolute Gasteiger partial charge is 0.342 e. The van der Waals surface area contributed by atoms with Crippen LogP contribution in [0.5, 0.6) is 0 Å². The smallest absolute Gasteiger partial charge is 0.235 e. The average Bonchev–Trinajstić information content (AvgIpc) is 3.15. The zero-order chi connectivity index (χ0) is 17.6. The molecule has 5 heteroatoms. The van der Waals surface area contributed by atoms with Gasteiger partial charge in [0.05, 0.1) is 5.25 Å². The van der Waals surface area contributed by atoms with Gasteiger partial charge < -0.3 is 4.90 Å². The van der Waals surface area contributed by atoms with Crippen molar-refractivity contribution in [3.63, 3.8) is 0 Å². The highest BCUT2D eigenvalue weighted by Crippen LogP contribution is 2.27. The SMILES string of the molecule is Cc1ccc(SC(C)C(=O)N2CCC(CCn3cccn3)CC2)cc1. The van der Waals surface area contributed by atoms with Crippen LogP contribution in [0.3, 0.4) is 0 Å². The maximum Gasteiger partial charge on any atom is 0.235 e. The molecule has 1 saturated heterocycles. The molecule has 1 fully saturated rings. The summed E-state index contributed by atoms with van der Waals surface area (Å²) in [4.78, 5) is 15.9. The number of thioether (sulfide) groups is 1. The summed E-state index contributed by atoms with van der Waals surface area (Å²) in [6.07, 6.45) is 7.21. The van der Waals surface area contributed by atoms with E-state index < -0.39 is 0 Å². The van der Waals surface area contributed by atoms with Gasteiger partial charge in [-0.3, -0.25) is 9.48 Å². The van der Waals surface area contributed by atoms with Crippen molar-refractivity contribution < 1.29 is 4.79 Å². The molecular weight excluding hydrogens is 330 g/mol. The van der Waals surface area contributed by atoms with Gasteiger partial charge in [0.25, 0.3) is 0 Å². The molecule has 0 aliphatic carbocycles. The highest BCUT2D eigenvalue weighted by Gasteiger charge is 2.26. The third-order valence-electron chi connectivity index (χ3n) is 4.93. The van der Waals surface area contributed by atoms with Gasteiger partial charge in [-0.2, -0.15) is 5.10 Å². The van der Waals surface area contributed by atoms with E-state index in [1.165, 1.54) is 10.5 Å². The fourth-order valence-corrected chi connectivity index (χ4v) is 4.27. The number of likely N-dealkylation sites (tertiary alicyclic amines) is 1. The number of hydrogen-bond acceptors (Lipinski definition) is 3. The predicted molar refractivity (Wildman–Crippen MR) is 103 cm³/mol. The summed E-state index contributed by atoms with van der Waals surface area (Å²) in [5.41, 5.74) is 1.25. The van der Waals surface area contributed by atoms with Crippen LogP contribution >= 0.6 is 11.8 Å². The Morgan fingerprint density at radius 2 is 2.00 bits per heavy atom. The zero-order valence-corrected chi connectivity index (χ0v) is 15.9. The van der Waals surface area contributed by atoms with Gasteiger partial charge in [0.15, 0.2) is 0 Å². The molecule has 134 valence electrons. The van der Waals surface area contributed by atoms with E-state index in [4.69, 9.17) is 0 Å². The molecular formula is C20H27N3OS. The van der Waals surface area contributed by atoms with Gasteiger partial charge in [-0.1, -0.05) is 17.7 Å². The minimum atomic E-state index is -0.0247. The minimum Gasteiger partial charge on any atom is -0.342 e. The van der Waals surface area contributed by atoms with Crippen molar-refractivity contribution in [2.45, 2.75) is 49.8 Å². The average molecular weight is 358 g/mol. The summed E-state index contributed by atoms with van der Waals surface area (Å²) in [6, 6.07) is 10.4. The van der Waals surface area contributed by atoms with Crippen LogP contribution in [-0.4, -0.2) is 38.9 Å². The molecule has 1 unspecified atom stereocenters. The number of aromatic nitrogens is 2. The van der Waals surface area contributed by atoms with E-state index in [1.807, 2.05) is 30.1 Å². The Hall–Kier alpha value is -1.75. The van der Waals surface area contributed by atoms with Crippen LogP contribution in [0.25, 0.3) is 0 Å². The van der Waals surface area contributed by atoms with E-state index in [0.29, 0.717) is 5.92 Å². The standard InChI is InChI=1S/C20H27N3OS/c1-16-4-6-19(7-5-16)25-17(2)20(24)22-13-8-18(9-14-22)10-15-23-12-3-11-21-23/h3-7,11-12,17-18H,8-10,13-15H2,1-2H3. The first-order chi connectivity index (χ1) is 12.1. The van der Waals surface area contributed by atoms with E-state index in [-0.39, 0.29) is 11.2 Å². The monoisotopic (exact) mass is 357 g/mol.